The van der Waals surface area contributed by atoms with Gasteiger partial charge in [0.2, 0.25) is 0 Å². The minimum absolute atomic E-state index is 0. The average Bonchev–Trinajstić information content (AvgIpc) is 0. The van der Waals surface area contributed by atoms with Crippen molar-refractivity contribution in [2.75, 3.05) is 0 Å². The van der Waals surface area contributed by atoms with Gasteiger partial charge in [0.1, 0.15) is 0 Å². The third-order valence-electron chi connectivity index (χ3n) is 0. The first-order chi connectivity index (χ1) is 0. The fourth-order valence-corrected chi connectivity index (χ4v) is 0. The van der Waals surface area contributed by atoms with Gasteiger partial charge in [-0.15, -0.1) is 0 Å². The second kappa shape index (κ2) is 19.8. The molecule has 0 amide bonds. The summed E-state index contributed by atoms with van der Waals surface area (Å²) in [7, 11) is 0. The fraction of sp³-hybridized carbons (Fsp3) is 0. The van der Waals surface area contributed by atoms with Crippen LogP contribution in [0.15, 0.2) is 0 Å². The van der Waals surface area contributed by atoms with E-state index in [-0.39, 0.29) is 69.1 Å². The van der Waals surface area contributed by atoms with Crippen LogP contribution in [0, 0.1) is 0 Å². The Morgan fingerprint density at radius 2 is 1.00 bits per heavy atom. The van der Waals surface area contributed by atoms with Gasteiger partial charge in [-0.25, -0.2) is 0 Å². The zero-order valence-electron chi connectivity index (χ0n) is 2.34. The van der Waals surface area contributed by atoms with Crippen molar-refractivity contribution >= 4 is 0 Å². The maximum absolute atomic E-state index is 0. The second-order valence-electron chi connectivity index (χ2n) is 0. The normalized spacial score (nSPS) is 0. The van der Waals surface area contributed by atoms with Gasteiger partial charge in [-0.1, -0.05) is 0 Å². The molecule has 0 heterocycles. The van der Waals surface area contributed by atoms with Crippen LogP contribution in [-0.4, -0.2) is 5.48 Å². The maximum atomic E-state index is 0. The van der Waals surface area contributed by atoms with Crippen LogP contribution >= 0.6 is 0 Å². The smallest absolute Gasteiger partial charge is 0.870 e. The van der Waals surface area contributed by atoms with Crippen LogP contribution in [0.4, 0.5) is 0 Å². The van der Waals surface area contributed by atoms with Crippen molar-refractivity contribution in [1.29, 1.82) is 0 Å². The summed E-state index contributed by atoms with van der Waals surface area (Å²) in [6.45, 7) is 0. The van der Waals surface area contributed by atoms with E-state index in [4.69, 9.17) is 0 Å². The van der Waals surface area contributed by atoms with Gasteiger partial charge in [0.15, 0.2) is 0 Å². The molecule has 0 aromatic carbocycles. The Balaban J connectivity index is 0. The molecule has 0 atom stereocenters. The average molecular weight is 298 g/mol. The van der Waals surface area contributed by atoms with Crippen molar-refractivity contribution < 1.29 is 69.1 Å². The summed E-state index contributed by atoms with van der Waals surface area (Å²) in [5.41, 5.74) is 0. The monoisotopic (exact) mass is 298 g/mol. The van der Waals surface area contributed by atoms with Gasteiger partial charge in [0.05, 0.1) is 0 Å². The summed E-state index contributed by atoms with van der Waals surface area (Å²) < 4.78 is 0. The van der Waals surface area contributed by atoms with E-state index in [1.807, 2.05) is 0 Å². The number of hydrogen-bond acceptors (Lipinski definition) is 1. The Kier molecular flexibility index (Phi) is 182. The molecule has 0 bridgehead atoms. The first-order valence-corrected chi connectivity index (χ1v) is 0. The standard InChI is InChI=1S/Li.Nb.H2O.Ta/h;;1H2;/q+1;;;/p-1. The molecule has 0 fully saturated rings. The Hall–Kier alpha value is 2.04. The van der Waals surface area contributed by atoms with E-state index in [1.165, 1.54) is 0 Å². The van der Waals surface area contributed by atoms with E-state index in [0.717, 1.165) is 0 Å². The minimum Gasteiger partial charge on any atom is -0.870 e. The van der Waals surface area contributed by atoms with Gasteiger partial charge < -0.3 is 5.48 Å². The van der Waals surface area contributed by atoms with Crippen molar-refractivity contribution in [3.63, 3.8) is 0 Å². The van der Waals surface area contributed by atoms with Crippen molar-refractivity contribution in [2.45, 2.75) is 0 Å². The van der Waals surface area contributed by atoms with Crippen LogP contribution in [-0.2, 0) is 44.8 Å². The van der Waals surface area contributed by atoms with Crippen molar-refractivity contribution in [3.8, 4) is 0 Å². The summed E-state index contributed by atoms with van der Waals surface area (Å²) in [6.07, 6.45) is 0. The van der Waals surface area contributed by atoms with Gasteiger partial charge in [-0.3, -0.25) is 0 Å². The Bertz CT molecular complexity index is 8.00. The van der Waals surface area contributed by atoms with E-state index in [9.17, 15) is 0 Å². The molecule has 0 saturated carbocycles. The maximum Gasteiger partial charge on any atom is 1.00 e. The largest absolute Gasteiger partial charge is 1.00 e. The van der Waals surface area contributed by atoms with Gasteiger partial charge in [0, 0.05) is 44.8 Å². The Morgan fingerprint density at radius 1 is 1.00 bits per heavy atom. The quantitative estimate of drug-likeness (QED) is 0.434. The third kappa shape index (κ3) is 8.97. The van der Waals surface area contributed by atoms with E-state index < -0.39 is 0 Å². The molecule has 0 aromatic heterocycles. The summed E-state index contributed by atoms with van der Waals surface area (Å²) >= 11 is 0. The van der Waals surface area contributed by atoms with Crippen LogP contribution in [0.1, 0.15) is 0 Å². The number of rotatable bonds is 0. The van der Waals surface area contributed by atoms with Crippen LogP contribution in [0.3, 0.4) is 0 Å². The molecule has 0 spiro atoms. The summed E-state index contributed by atoms with van der Waals surface area (Å²) in [5.74, 6) is 0. The SMILES string of the molecule is [Li+].[Nb].[OH-].[Ta]. The molecule has 0 aromatic rings. The van der Waals surface area contributed by atoms with E-state index in [2.05, 4.69) is 0 Å². The molecule has 4 heteroatoms. The fourth-order valence-electron chi connectivity index (χ4n) is 0. The molecule has 18 valence electrons. The van der Waals surface area contributed by atoms with Crippen molar-refractivity contribution in [1.82, 2.24) is 0 Å². The molecule has 0 aliphatic carbocycles. The Labute approximate surface area is 68.4 Å². The minimum atomic E-state index is 0. The van der Waals surface area contributed by atoms with Crippen LogP contribution in [0.2, 0.25) is 0 Å². The number of hydrogen-bond donors (Lipinski definition) is 0. The second-order valence-corrected chi connectivity index (χ2v) is 0. The first kappa shape index (κ1) is 36.9. The van der Waals surface area contributed by atoms with Crippen molar-refractivity contribution in [3.05, 3.63) is 0 Å². The van der Waals surface area contributed by atoms with E-state index in [0.29, 0.717) is 0 Å². The van der Waals surface area contributed by atoms with Gasteiger partial charge in [-0.2, -0.15) is 0 Å². The molecular formula is HLiNbOTa. The van der Waals surface area contributed by atoms with Gasteiger partial charge in [-0.05, 0) is 0 Å². The molecule has 0 rings (SSSR count). The van der Waals surface area contributed by atoms with Crippen molar-refractivity contribution in [2.24, 2.45) is 0 Å². The molecule has 1 N–H and O–H groups in total. The molecule has 1 nitrogen and oxygen atoms in total. The predicted octanol–water partition coefficient (Wildman–Crippen LogP) is -3.18. The summed E-state index contributed by atoms with van der Waals surface area (Å²) in [6, 6.07) is 0. The molecule has 0 aliphatic heterocycles. The zero-order valence-corrected chi connectivity index (χ0v) is 7.75. The molecule has 0 saturated heterocycles. The molecular weight excluding hydrogens is 297 g/mol. The first-order valence-electron chi connectivity index (χ1n) is 0. The van der Waals surface area contributed by atoms with Crippen LogP contribution < -0.4 is 18.9 Å². The molecule has 0 aliphatic rings. The predicted molar refractivity (Wildman–Crippen MR) is 1.94 cm³/mol. The Morgan fingerprint density at radius 3 is 1.00 bits per heavy atom. The molecule has 0 unspecified atom stereocenters. The molecule has 4 heavy (non-hydrogen) atoms. The summed E-state index contributed by atoms with van der Waals surface area (Å²) in [5, 5.41) is 0. The zero-order chi connectivity index (χ0) is 0. The van der Waals surface area contributed by atoms with Gasteiger partial charge >= 0.3 is 18.9 Å². The van der Waals surface area contributed by atoms with Crippen LogP contribution in [0.5, 0.6) is 0 Å². The van der Waals surface area contributed by atoms with Gasteiger partial charge in [0.25, 0.3) is 0 Å². The van der Waals surface area contributed by atoms with E-state index >= 15 is 0 Å². The third-order valence-corrected chi connectivity index (χ3v) is 0. The van der Waals surface area contributed by atoms with Crippen LogP contribution in [0.25, 0.3) is 0 Å². The van der Waals surface area contributed by atoms with E-state index in [1.54, 1.807) is 0 Å². The molecule has 2 radical (unpaired) electrons. The summed E-state index contributed by atoms with van der Waals surface area (Å²) in [4.78, 5) is 0. The topological polar surface area (TPSA) is 30.0 Å².